The van der Waals surface area contributed by atoms with Crippen molar-refractivity contribution in [3.8, 4) is 22.7 Å². The third-order valence-electron chi connectivity index (χ3n) is 7.10. The maximum absolute atomic E-state index is 13.8. The number of hydrogen-bond acceptors (Lipinski definition) is 3. The summed E-state index contributed by atoms with van der Waals surface area (Å²) in [6, 6.07) is 27.5. The zero-order chi connectivity index (χ0) is 26.6. The standard InChI is InChI=1S/C31H32N4O3/c1-22-10-7-8-15-28(22)32-31(37)34-18-16-33(17-19-34)30(36)27-21-29(24-11-9-14-26(20-24)38-3)35(23(27)2)25-12-5-4-6-13-25/h4-15,20-21H,16-19H2,1-3H3,(H,32,37). The number of nitrogens with one attached hydrogen (secondary N) is 1. The fraction of sp³-hybridized carbons (Fsp3) is 0.226. The summed E-state index contributed by atoms with van der Waals surface area (Å²) in [5, 5.41) is 2.99. The summed E-state index contributed by atoms with van der Waals surface area (Å²) in [5.74, 6) is 0.731. The topological polar surface area (TPSA) is 66.8 Å². The van der Waals surface area contributed by atoms with Crippen LogP contribution in [0, 0.1) is 13.8 Å². The number of anilines is 1. The zero-order valence-electron chi connectivity index (χ0n) is 22.0. The molecule has 1 aromatic heterocycles. The third kappa shape index (κ3) is 5.00. The molecule has 0 aliphatic carbocycles. The Labute approximate surface area is 223 Å². The number of rotatable bonds is 5. The van der Waals surface area contributed by atoms with E-state index in [1.807, 2.05) is 104 Å². The Bertz CT molecular complexity index is 1450. The first-order valence-corrected chi connectivity index (χ1v) is 12.8. The van der Waals surface area contributed by atoms with E-state index < -0.39 is 0 Å². The Balaban J connectivity index is 1.37. The van der Waals surface area contributed by atoms with Gasteiger partial charge in [-0.3, -0.25) is 4.79 Å². The van der Waals surface area contributed by atoms with Crippen molar-refractivity contribution in [2.45, 2.75) is 13.8 Å². The van der Waals surface area contributed by atoms with Crippen LogP contribution in [-0.2, 0) is 0 Å². The molecule has 38 heavy (non-hydrogen) atoms. The van der Waals surface area contributed by atoms with Crippen molar-refractivity contribution in [1.82, 2.24) is 14.4 Å². The van der Waals surface area contributed by atoms with Crippen molar-refractivity contribution in [2.24, 2.45) is 0 Å². The quantitative estimate of drug-likeness (QED) is 0.373. The molecular weight excluding hydrogens is 476 g/mol. The van der Waals surface area contributed by atoms with Gasteiger partial charge >= 0.3 is 6.03 Å². The molecule has 1 N–H and O–H groups in total. The average molecular weight is 509 g/mol. The van der Waals surface area contributed by atoms with Crippen molar-refractivity contribution < 1.29 is 14.3 Å². The summed E-state index contributed by atoms with van der Waals surface area (Å²) in [4.78, 5) is 30.2. The zero-order valence-corrected chi connectivity index (χ0v) is 22.0. The van der Waals surface area contributed by atoms with E-state index in [9.17, 15) is 9.59 Å². The van der Waals surface area contributed by atoms with Gasteiger partial charge in [0.1, 0.15) is 5.75 Å². The van der Waals surface area contributed by atoms with Crippen LogP contribution in [0.25, 0.3) is 16.9 Å². The number of carbonyl (C=O) groups is 2. The number of methoxy groups -OCH3 is 1. The molecular formula is C31H32N4O3. The van der Waals surface area contributed by atoms with Crippen molar-refractivity contribution in [1.29, 1.82) is 0 Å². The maximum Gasteiger partial charge on any atom is 0.321 e. The van der Waals surface area contributed by atoms with Gasteiger partial charge in [0.15, 0.2) is 0 Å². The van der Waals surface area contributed by atoms with Gasteiger partial charge in [-0.25, -0.2) is 4.79 Å². The predicted octanol–water partition coefficient (Wildman–Crippen LogP) is 5.76. The number of para-hydroxylation sites is 2. The molecule has 1 aliphatic heterocycles. The molecule has 0 saturated carbocycles. The first kappa shape index (κ1) is 25.1. The molecule has 5 rings (SSSR count). The van der Waals surface area contributed by atoms with Crippen molar-refractivity contribution in [3.63, 3.8) is 0 Å². The second-order valence-corrected chi connectivity index (χ2v) is 9.46. The van der Waals surface area contributed by atoms with Gasteiger partial charge in [0.2, 0.25) is 0 Å². The van der Waals surface area contributed by atoms with Crippen LogP contribution in [0.3, 0.4) is 0 Å². The van der Waals surface area contributed by atoms with Gasteiger partial charge in [-0.1, -0.05) is 48.5 Å². The molecule has 3 aromatic carbocycles. The highest BCUT2D eigenvalue weighted by Gasteiger charge is 2.28. The second kappa shape index (κ2) is 10.8. The summed E-state index contributed by atoms with van der Waals surface area (Å²) in [6.07, 6.45) is 0. The van der Waals surface area contributed by atoms with E-state index in [0.29, 0.717) is 31.7 Å². The van der Waals surface area contributed by atoms with Crippen LogP contribution in [-0.4, -0.2) is 59.6 Å². The van der Waals surface area contributed by atoms with E-state index >= 15 is 0 Å². The lowest BCUT2D eigenvalue weighted by Crippen LogP contribution is -2.51. The highest BCUT2D eigenvalue weighted by molar-refractivity contribution is 5.98. The Morgan fingerprint density at radius 2 is 1.47 bits per heavy atom. The van der Waals surface area contributed by atoms with Gasteiger partial charge in [-0.05, 0) is 55.8 Å². The lowest BCUT2D eigenvalue weighted by atomic mass is 10.1. The van der Waals surface area contributed by atoms with E-state index in [-0.39, 0.29) is 11.9 Å². The average Bonchev–Trinajstić information content (AvgIpc) is 3.31. The largest absolute Gasteiger partial charge is 0.497 e. The highest BCUT2D eigenvalue weighted by atomic mass is 16.5. The van der Waals surface area contributed by atoms with Crippen molar-refractivity contribution >= 4 is 17.6 Å². The molecule has 0 atom stereocenters. The lowest BCUT2D eigenvalue weighted by Gasteiger charge is -2.34. The molecule has 1 fully saturated rings. The molecule has 4 aromatic rings. The molecule has 194 valence electrons. The molecule has 1 saturated heterocycles. The number of carbonyl (C=O) groups excluding carboxylic acids is 2. The number of amides is 3. The molecule has 0 radical (unpaired) electrons. The van der Waals surface area contributed by atoms with Crippen LogP contribution in [0.5, 0.6) is 5.75 Å². The molecule has 0 bridgehead atoms. The SMILES string of the molecule is COc1cccc(-c2cc(C(=O)N3CCN(C(=O)Nc4ccccc4C)CC3)c(C)n2-c2ccccc2)c1. The van der Waals surface area contributed by atoms with Crippen molar-refractivity contribution in [2.75, 3.05) is 38.6 Å². The Morgan fingerprint density at radius 3 is 2.18 bits per heavy atom. The smallest absolute Gasteiger partial charge is 0.321 e. The molecule has 7 nitrogen and oxygen atoms in total. The number of benzene rings is 3. The van der Waals surface area contributed by atoms with E-state index in [4.69, 9.17) is 4.74 Å². The Kier molecular flexibility index (Phi) is 7.18. The molecule has 3 amide bonds. The minimum Gasteiger partial charge on any atom is -0.497 e. The normalized spacial score (nSPS) is 13.3. The highest BCUT2D eigenvalue weighted by Crippen LogP contribution is 2.32. The van der Waals surface area contributed by atoms with Gasteiger partial charge in [-0.2, -0.15) is 0 Å². The monoisotopic (exact) mass is 508 g/mol. The van der Waals surface area contributed by atoms with Gasteiger partial charge < -0.3 is 24.4 Å². The fourth-order valence-electron chi connectivity index (χ4n) is 4.92. The number of urea groups is 1. The minimum absolute atomic E-state index is 0.0275. The Morgan fingerprint density at radius 1 is 0.789 bits per heavy atom. The van der Waals surface area contributed by atoms with E-state index in [1.165, 1.54) is 0 Å². The van der Waals surface area contributed by atoms with Gasteiger partial charge in [0.25, 0.3) is 5.91 Å². The number of hydrogen-bond donors (Lipinski definition) is 1. The second-order valence-electron chi connectivity index (χ2n) is 9.46. The van der Waals surface area contributed by atoms with Crippen LogP contribution in [0.4, 0.5) is 10.5 Å². The number of piperazine rings is 1. The van der Waals surface area contributed by atoms with Crippen LogP contribution in [0.1, 0.15) is 21.6 Å². The summed E-state index contributed by atoms with van der Waals surface area (Å²) in [7, 11) is 1.65. The number of ether oxygens (including phenoxy) is 1. The van der Waals surface area contributed by atoms with Crippen LogP contribution in [0.2, 0.25) is 0 Å². The van der Waals surface area contributed by atoms with E-state index in [0.717, 1.165) is 39.6 Å². The molecule has 2 heterocycles. The summed E-state index contributed by atoms with van der Waals surface area (Å²) >= 11 is 0. The lowest BCUT2D eigenvalue weighted by molar-refractivity contribution is 0.0671. The maximum atomic E-state index is 13.8. The van der Waals surface area contributed by atoms with Crippen LogP contribution in [0.15, 0.2) is 84.9 Å². The molecule has 0 unspecified atom stereocenters. The van der Waals surface area contributed by atoms with E-state index in [1.54, 1.807) is 12.0 Å². The first-order chi connectivity index (χ1) is 18.5. The van der Waals surface area contributed by atoms with Gasteiger partial charge in [0, 0.05) is 48.8 Å². The summed E-state index contributed by atoms with van der Waals surface area (Å²) in [5.41, 5.74) is 6.22. The molecule has 7 heteroatoms. The number of aryl methyl sites for hydroxylation is 1. The summed E-state index contributed by atoms with van der Waals surface area (Å²) in [6.45, 7) is 5.86. The van der Waals surface area contributed by atoms with Crippen LogP contribution < -0.4 is 10.1 Å². The molecule has 1 aliphatic rings. The fourth-order valence-corrected chi connectivity index (χ4v) is 4.92. The minimum atomic E-state index is -0.141. The summed E-state index contributed by atoms with van der Waals surface area (Å²) < 4.78 is 7.57. The predicted molar refractivity (Wildman–Crippen MR) is 150 cm³/mol. The Hall–Kier alpha value is -4.52. The number of aromatic nitrogens is 1. The van der Waals surface area contributed by atoms with Crippen LogP contribution >= 0.6 is 0 Å². The van der Waals surface area contributed by atoms with Gasteiger partial charge in [-0.15, -0.1) is 0 Å². The van der Waals surface area contributed by atoms with Crippen molar-refractivity contribution in [3.05, 3.63) is 102 Å². The first-order valence-electron chi connectivity index (χ1n) is 12.8. The van der Waals surface area contributed by atoms with Gasteiger partial charge in [0.05, 0.1) is 18.4 Å². The number of nitrogens with zero attached hydrogens (tertiary/aromatic N) is 3. The van der Waals surface area contributed by atoms with E-state index in [2.05, 4.69) is 9.88 Å². The third-order valence-corrected chi connectivity index (χ3v) is 7.10. The molecule has 0 spiro atoms.